The smallest absolute Gasteiger partial charge is 0.249 e. The van der Waals surface area contributed by atoms with E-state index in [2.05, 4.69) is 33.5 Å². The maximum absolute atomic E-state index is 11.7. The third-order valence-electron chi connectivity index (χ3n) is 3.32. The van der Waals surface area contributed by atoms with Crippen LogP contribution in [0.1, 0.15) is 19.4 Å². The van der Waals surface area contributed by atoms with Crippen molar-refractivity contribution in [2.24, 2.45) is 0 Å². The zero-order chi connectivity index (χ0) is 14.7. The molecule has 1 heterocycles. The molecule has 1 atom stereocenters. The van der Waals surface area contributed by atoms with Gasteiger partial charge in [-0.15, -0.1) is 0 Å². The predicted molar refractivity (Wildman–Crippen MR) is 81.5 cm³/mol. The predicted octanol–water partition coefficient (Wildman–Crippen LogP) is 1.41. The number of hydrogen-bond donors (Lipinski definition) is 2. The monoisotopic (exact) mass is 339 g/mol. The van der Waals surface area contributed by atoms with Crippen molar-refractivity contribution in [1.82, 2.24) is 10.6 Å². The van der Waals surface area contributed by atoms with Gasteiger partial charge in [0.15, 0.2) is 0 Å². The number of rotatable bonds is 4. The summed E-state index contributed by atoms with van der Waals surface area (Å²) >= 11 is 3.53. The lowest BCUT2D eigenvalue weighted by molar-refractivity contribution is -0.132. The van der Waals surface area contributed by atoms with Crippen LogP contribution in [0, 0.1) is 0 Å². The molecule has 0 aliphatic carbocycles. The summed E-state index contributed by atoms with van der Waals surface area (Å²) in [6, 6.07) is 5.61. The number of nitrogens with zero attached hydrogens (tertiary/aromatic N) is 1. The third kappa shape index (κ3) is 3.19. The number of amides is 2. The lowest BCUT2D eigenvalue weighted by Crippen LogP contribution is -2.57. The van der Waals surface area contributed by atoms with Crippen molar-refractivity contribution in [2.45, 2.75) is 26.4 Å². The Balaban J connectivity index is 2.23. The molecule has 6 heteroatoms. The first kappa shape index (κ1) is 15.0. The van der Waals surface area contributed by atoms with Gasteiger partial charge >= 0.3 is 0 Å². The number of carbonyl (C=O) groups is 2. The SMILES string of the molecule is CCNCc1ccc(N2CC(=O)NC(=O)C2C)c(Br)c1. The summed E-state index contributed by atoms with van der Waals surface area (Å²) < 4.78 is 0.891. The molecule has 0 aromatic heterocycles. The molecule has 2 N–H and O–H groups in total. The molecule has 108 valence electrons. The molecular formula is C14H18BrN3O2. The average molecular weight is 340 g/mol. The van der Waals surface area contributed by atoms with Crippen molar-refractivity contribution >= 4 is 33.4 Å². The van der Waals surface area contributed by atoms with Crippen LogP contribution in [-0.2, 0) is 16.1 Å². The molecule has 1 saturated heterocycles. The van der Waals surface area contributed by atoms with Crippen LogP contribution in [0.4, 0.5) is 5.69 Å². The molecule has 1 fully saturated rings. The highest BCUT2D eigenvalue weighted by molar-refractivity contribution is 9.10. The zero-order valence-electron chi connectivity index (χ0n) is 11.6. The molecule has 0 radical (unpaired) electrons. The molecule has 1 aromatic carbocycles. The molecule has 0 spiro atoms. The summed E-state index contributed by atoms with van der Waals surface area (Å²) in [6.07, 6.45) is 0. The van der Waals surface area contributed by atoms with Crippen molar-refractivity contribution in [1.29, 1.82) is 0 Å². The number of benzene rings is 1. The number of anilines is 1. The summed E-state index contributed by atoms with van der Waals surface area (Å²) in [6.45, 7) is 5.75. The quantitative estimate of drug-likeness (QED) is 0.814. The van der Waals surface area contributed by atoms with Gasteiger partial charge in [0.1, 0.15) is 6.04 Å². The van der Waals surface area contributed by atoms with E-state index in [-0.39, 0.29) is 24.4 Å². The van der Waals surface area contributed by atoms with E-state index in [4.69, 9.17) is 0 Å². The minimum atomic E-state index is -0.358. The number of imide groups is 1. The van der Waals surface area contributed by atoms with Crippen molar-refractivity contribution in [2.75, 3.05) is 18.0 Å². The van der Waals surface area contributed by atoms with Crippen LogP contribution >= 0.6 is 15.9 Å². The van der Waals surface area contributed by atoms with Crippen LogP contribution in [0.3, 0.4) is 0 Å². The normalized spacial score (nSPS) is 19.1. The second-order valence-electron chi connectivity index (χ2n) is 4.78. The van der Waals surface area contributed by atoms with Gasteiger partial charge in [-0.2, -0.15) is 0 Å². The van der Waals surface area contributed by atoms with Gasteiger partial charge in [-0.25, -0.2) is 0 Å². The van der Waals surface area contributed by atoms with E-state index in [9.17, 15) is 9.59 Å². The largest absolute Gasteiger partial charge is 0.350 e. The Morgan fingerprint density at radius 3 is 2.85 bits per heavy atom. The standard InChI is InChI=1S/C14H18BrN3O2/c1-3-16-7-10-4-5-12(11(15)6-10)18-8-13(19)17-14(20)9(18)2/h4-6,9,16H,3,7-8H2,1-2H3,(H,17,19,20). The van der Waals surface area contributed by atoms with Gasteiger partial charge in [-0.05, 0) is 47.1 Å². The summed E-state index contributed by atoms with van der Waals surface area (Å²) in [5, 5.41) is 5.60. The summed E-state index contributed by atoms with van der Waals surface area (Å²) in [5.74, 6) is -0.526. The highest BCUT2D eigenvalue weighted by atomic mass is 79.9. The fraction of sp³-hybridized carbons (Fsp3) is 0.429. The molecule has 1 unspecified atom stereocenters. The van der Waals surface area contributed by atoms with E-state index in [1.54, 1.807) is 6.92 Å². The van der Waals surface area contributed by atoms with Crippen LogP contribution in [-0.4, -0.2) is 30.9 Å². The molecule has 1 aromatic rings. The highest BCUT2D eigenvalue weighted by Crippen LogP contribution is 2.29. The molecule has 0 bridgehead atoms. The number of halogens is 1. The van der Waals surface area contributed by atoms with Gasteiger partial charge < -0.3 is 10.2 Å². The second-order valence-corrected chi connectivity index (χ2v) is 5.64. The fourth-order valence-corrected chi connectivity index (χ4v) is 2.82. The number of carbonyl (C=O) groups excluding carboxylic acids is 2. The maximum Gasteiger partial charge on any atom is 0.249 e. The molecule has 0 saturated carbocycles. The Bertz CT molecular complexity index is 533. The first-order chi connectivity index (χ1) is 9.52. The van der Waals surface area contributed by atoms with Gasteiger partial charge in [0.05, 0.1) is 12.2 Å². The topological polar surface area (TPSA) is 61.4 Å². The van der Waals surface area contributed by atoms with E-state index in [1.807, 2.05) is 23.1 Å². The Kier molecular flexibility index (Phi) is 4.77. The first-order valence-electron chi connectivity index (χ1n) is 6.62. The Labute approximate surface area is 126 Å². The average Bonchev–Trinajstić information content (AvgIpc) is 2.41. The van der Waals surface area contributed by atoms with Crippen LogP contribution in [0.25, 0.3) is 0 Å². The minimum absolute atomic E-state index is 0.193. The van der Waals surface area contributed by atoms with Crippen molar-refractivity contribution in [3.63, 3.8) is 0 Å². The lowest BCUT2D eigenvalue weighted by atomic mass is 10.1. The number of nitrogens with one attached hydrogen (secondary N) is 2. The molecule has 1 aliphatic rings. The molecule has 2 amide bonds. The minimum Gasteiger partial charge on any atom is -0.350 e. The van der Waals surface area contributed by atoms with E-state index < -0.39 is 0 Å². The Morgan fingerprint density at radius 1 is 1.45 bits per heavy atom. The van der Waals surface area contributed by atoms with E-state index in [0.717, 1.165) is 28.8 Å². The van der Waals surface area contributed by atoms with E-state index >= 15 is 0 Å². The molecular weight excluding hydrogens is 322 g/mol. The van der Waals surface area contributed by atoms with Crippen LogP contribution in [0.5, 0.6) is 0 Å². The highest BCUT2D eigenvalue weighted by Gasteiger charge is 2.31. The Hall–Kier alpha value is -1.40. The first-order valence-corrected chi connectivity index (χ1v) is 7.41. The molecule has 20 heavy (non-hydrogen) atoms. The summed E-state index contributed by atoms with van der Waals surface area (Å²) in [7, 11) is 0. The van der Waals surface area contributed by atoms with Crippen molar-refractivity contribution < 1.29 is 9.59 Å². The molecule has 5 nitrogen and oxygen atoms in total. The van der Waals surface area contributed by atoms with Gasteiger partial charge in [0, 0.05) is 11.0 Å². The lowest BCUT2D eigenvalue weighted by Gasteiger charge is -2.34. The molecule has 2 rings (SSSR count). The van der Waals surface area contributed by atoms with Crippen molar-refractivity contribution in [3.8, 4) is 0 Å². The Morgan fingerprint density at radius 2 is 2.20 bits per heavy atom. The van der Waals surface area contributed by atoms with Gasteiger partial charge in [0.2, 0.25) is 11.8 Å². The zero-order valence-corrected chi connectivity index (χ0v) is 13.2. The third-order valence-corrected chi connectivity index (χ3v) is 3.96. The maximum atomic E-state index is 11.7. The molecule has 1 aliphatic heterocycles. The number of hydrogen-bond acceptors (Lipinski definition) is 4. The van der Waals surface area contributed by atoms with Gasteiger partial charge in [0.25, 0.3) is 0 Å². The van der Waals surface area contributed by atoms with Crippen LogP contribution < -0.4 is 15.5 Å². The van der Waals surface area contributed by atoms with Crippen molar-refractivity contribution in [3.05, 3.63) is 28.2 Å². The summed E-state index contributed by atoms with van der Waals surface area (Å²) in [4.78, 5) is 25.0. The number of piperazine rings is 1. The van der Waals surface area contributed by atoms with Crippen LogP contribution in [0.15, 0.2) is 22.7 Å². The summed E-state index contributed by atoms with van der Waals surface area (Å²) in [5.41, 5.74) is 2.02. The van der Waals surface area contributed by atoms with Gasteiger partial charge in [-0.1, -0.05) is 13.0 Å². The van der Waals surface area contributed by atoms with E-state index in [1.165, 1.54) is 0 Å². The van der Waals surface area contributed by atoms with E-state index in [0.29, 0.717) is 0 Å². The second kappa shape index (κ2) is 6.37. The fourth-order valence-electron chi connectivity index (χ4n) is 2.17. The van der Waals surface area contributed by atoms with Crippen LogP contribution in [0.2, 0.25) is 0 Å². The van der Waals surface area contributed by atoms with Gasteiger partial charge in [-0.3, -0.25) is 14.9 Å².